The Hall–Kier alpha value is -2.45. The Balaban J connectivity index is 1.84. The van der Waals surface area contributed by atoms with Gasteiger partial charge in [0.25, 0.3) is 5.91 Å². The van der Waals surface area contributed by atoms with Crippen molar-refractivity contribution >= 4 is 15.9 Å². The molecule has 0 saturated carbocycles. The van der Waals surface area contributed by atoms with Crippen LogP contribution in [0.4, 0.5) is 0 Å². The van der Waals surface area contributed by atoms with E-state index in [9.17, 15) is 13.2 Å². The van der Waals surface area contributed by atoms with E-state index >= 15 is 0 Å². The first-order valence-electron chi connectivity index (χ1n) is 8.31. The topological polar surface area (TPSA) is 97.4 Å². The Morgan fingerprint density at radius 2 is 1.96 bits per heavy atom. The van der Waals surface area contributed by atoms with Crippen molar-refractivity contribution in [1.29, 1.82) is 0 Å². The number of sulfonamides is 1. The molecule has 2 N–H and O–H groups in total. The number of rotatable bonds is 9. The maximum atomic E-state index is 12.2. The van der Waals surface area contributed by atoms with E-state index < -0.39 is 10.0 Å². The third-order valence-electron chi connectivity index (χ3n) is 3.69. The van der Waals surface area contributed by atoms with E-state index in [2.05, 4.69) is 15.0 Å². The number of carbonyl (C=O) groups is 1. The van der Waals surface area contributed by atoms with Crippen LogP contribution in [0, 0.1) is 0 Å². The molecule has 1 aromatic heterocycles. The summed E-state index contributed by atoms with van der Waals surface area (Å²) in [5.74, 6) is 0.146. The molecule has 0 fully saturated rings. The van der Waals surface area contributed by atoms with Crippen molar-refractivity contribution < 1.29 is 17.9 Å². The molecule has 0 aliphatic carbocycles. The smallest absolute Gasteiger partial charge is 0.258 e. The lowest BCUT2D eigenvalue weighted by Crippen LogP contribution is -2.32. The molecule has 1 amide bonds. The largest absolute Gasteiger partial charge is 0.484 e. The minimum absolute atomic E-state index is 0.139. The number of hydrogen-bond acceptors (Lipinski definition) is 5. The molecule has 0 saturated heterocycles. The van der Waals surface area contributed by atoms with E-state index in [4.69, 9.17) is 4.74 Å². The monoisotopic (exact) mass is 377 g/mol. The van der Waals surface area contributed by atoms with Gasteiger partial charge in [-0.05, 0) is 49.2 Å². The minimum atomic E-state index is -3.55. The van der Waals surface area contributed by atoms with Crippen LogP contribution in [0.25, 0.3) is 0 Å². The molecule has 0 radical (unpaired) electrons. The van der Waals surface area contributed by atoms with Crippen LogP contribution < -0.4 is 14.8 Å². The number of nitrogens with one attached hydrogen (secondary N) is 2. The van der Waals surface area contributed by atoms with Crippen molar-refractivity contribution in [3.8, 4) is 5.75 Å². The summed E-state index contributed by atoms with van der Waals surface area (Å²) in [6.07, 6.45) is 4.04. The second-order valence-electron chi connectivity index (χ2n) is 5.83. The van der Waals surface area contributed by atoms with Crippen LogP contribution in [0.15, 0.2) is 53.7 Å². The van der Waals surface area contributed by atoms with E-state index in [0.29, 0.717) is 18.7 Å². The van der Waals surface area contributed by atoms with Crippen LogP contribution in [0.1, 0.15) is 25.8 Å². The predicted molar refractivity (Wildman–Crippen MR) is 98.1 cm³/mol. The molecule has 2 rings (SSSR count). The van der Waals surface area contributed by atoms with Crippen molar-refractivity contribution in [2.24, 2.45) is 0 Å². The van der Waals surface area contributed by atoms with Gasteiger partial charge in [-0.1, -0.05) is 13.0 Å². The summed E-state index contributed by atoms with van der Waals surface area (Å²) in [7, 11) is -3.55. The Bertz CT molecular complexity index is 808. The van der Waals surface area contributed by atoms with Crippen LogP contribution in [0.5, 0.6) is 5.75 Å². The van der Waals surface area contributed by atoms with Gasteiger partial charge in [-0.3, -0.25) is 9.78 Å². The number of amides is 1. The zero-order valence-electron chi connectivity index (χ0n) is 14.8. The van der Waals surface area contributed by atoms with Gasteiger partial charge in [0.1, 0.15) is 5.75 Å². The van der Waals surface area contributed by atoms with E-state index in [1.807, 2.05) is 13.0 Å². The fourth-order valence-corrected chi connectivity index (χ4v) is 3.36. The second-order valence-corrected chi connectivity index (χ2v) is 7.54. The molecular weight excluding hydrogens is 354 g/mol. The molecule has 1 aromatic carbocycles. The standard InChI is InChI=1S/C18H23N3O4S/c1-3-14(2)21-26(23,24)17-8-6-16(7-9-17)25-13-18(22)20-12-15-5-4-10-19-11-15/h4-11,14,21H,3,12-13H2,1-2H3,(H,20,22)/t14-/m1/s1. The third-order valence-corrected chi connectivity index (χ3v) is 5.29. The Labute approximate surface area is 153 Å². The molecule has 0 unspecified atom stereocenters. The first-order valence-corrected chi connectivity index (χ1v) is 9.80. The number of benzene rings is 1. The Kier molecular flexibility index (Phi) is 7.11. The number of nitrogens with zero attached hydrogens (tertiary/aromatic N) is 1. The normalized spacial score (nSPS) is 12.4. The van der Waals surface area contributed by atoms with Gasteiger partial charge in [0.2, 0.25) is 10.0 Å². The third kappa shape index (κ3) is 6.12. The summed E-state index contributed by atoms with van der Waals surface area (Å²) in [4.78, 5) is 15.9. The van der Waals surface area contributed by atoms with E-state index in [1.165, 1.54) is 24.3 Å². The minimum Gasteiger partial charge on any atom is -0.484 e. The van der Waals surface area contributed by atoms with Crippen LogP contribution in [0.3, 0.4) is 0 Å². The van der Waals surface area contributed by atoms with E-state index in [0.717, 1.165) is 5.56 Å². The lowest BCUT2D eigenvalue weighted by atomic mass is 10.3. The Morgan fingerprint density at radius 3 is 2.58 bits per heavy atom. The van der Waals surface area contributed by atoms with Crippen molar-refractivity contribution in [2.75, 3.05) is 6.61 Å². The van der Waals surface area contributed by atoms with Crippen LogP contribution >= 0.6 is 0 Å². The predicted octanol–water partition coefficient (Wildman–Crippen LogP) is 1.85. The van der Waals surface area contributed by atoms with Gasteiger partial charge in [0.05, 0.1) is 4.90 Å². The fourth-order valence-electron chi connectivity index (χ4n) is 2.03. The second kappa shape index (κ2) is 9.30. The Morgan fingerprint density at radius 1 is 1.23 bits per heavy atom. The number of pyridine rings is 1. The summed E-state index contributed by atoms with van der Waals surface area (Å²) >= 11 is 0. The van der Waals surface area contributed by atoms with E-state index in [-0.39, 0.29) is 23.5 Å². The SMILES string of the molecule is CC[C@@H](C)NS(=O)(=O)c1ccc(OCC(=O)NCc2cccnc2)cc1. The lowest BCUT2D eigenvalue weighted by Gasteiger charge is -2.12. The number of ether oxygens (including phenoxy) is 1. The number of aromatic nitrogens is 1. The van der Waals surface area contributed by atoms with Gasteiger partial charge < -0.3 is 10.1 Å². The van der Waals surface area contributed by atoms with Crippen molar-refractivity contribution in [3.63, 3.8) is 0 Å². The summed E-state index contributed by atoms with van der Waals surface area (Å²) in [5, 5.41) is 2.72. The maximum absolute atomic E-state index is 12.2. The molecule has 1 atom stereocenters. The molecule has 1 heterocycles. The van der Waals surface area contributed by atoms with Crippen molar-refractivity contribution in [2.45, 2.75) is 37.8 Å². The first kappa shape index (κ1) is 19.9. The van der Waals surface area contributed by atoms with Gasteiger partial charge in [-0.15, -0.1) is 0 Å². The van der Waals surface area contributed by atoms with Crippen molar-refractivity contribution in [3.05, 3.63) is 54.4 Å². The quantitative estimate of drug-likeness (QED) is 0.695. The molecule has 0 aliphatic rings. The number of carbonyl (C=O) groups excluding carboxylic acids is 1. The molecule has 140 valence electrons. The van der Waals surface area contributed by atoms with Gasteiger partial charge >= 0.3 is 0 Å². The molecule has 8 heteroatoms. The molecule has 0 aliphatic heterocycles. The zero-order chi connectivity index (χ0) is 19.0. The highest BCUT2D eigenvalue weighted by Crippen LogP contribution is 2.16. The van der Waals surface area contributed by atoms with Gasteiger partial charge in [0, 0.05) is 25.0 Å². The molecule has 7 nitrogen and oxygen atoms in total. The highest BCUT2D eigenvalue weighted by Gasteiger charge is 2.16. The molecule has 26 heavy (non-hydrogen) atoms. The van der Waals surface area contributed by atoms with Crippen molar-refractivity contribution in [1.82, 2.24) is 15.0 Å². The molecule has 0 bridgehead atoms. The summed E-state index contributed by atoms with van der Waals surface area (Å²) in [6, 6.07) is 9.48. The van der Waals surface area contributed by atoms with Crippen LogP contribution in [-0.4, -0.2) is 32.0 Å². The van der Waals surface area contributed by atoms with E-state index in [1.54, 1.807) is 25.4 Å². The summed E-state index contributed by atoms with van der Waals surface area (Å²) in [5.41, 5.74) is 0.893. The number of hydrogen-bond donors (Lipinski definition) is 2. The van der Waals surface area contributed by atoms with Gasteiger partial charge in [0.15, 0.2) is 6.61 Å². The lowest BCUT2D eigenvalue weighted by molar-refractivity contribution is -0.123. The first-order chi connectivity index (χ1) is 12.4. The zero-order valence-corrected chi connectivity index (χ0v) is 15.6. The van der Waals surface area contributed by atoms with Gasteiger partial charge in [-0.25, -0.2) is 13.1 Å². The molecule has 0 spiro atoms. The van der Waals surface area contributed by atoms with Crippen LogP contribution in [0.2, 0.25) is 0 Å². The highest BCUT2D eigenvalue weighted by atomic mass is 32.2. The highest BCUT2D eigenvalue weighted by molar-refractivity contribution is 7.89. The maximum Gasteiger partial charge on any atom is 0.258 e. The van der Waals surface area contributed by atoms with Crippen LogP contribution in [-0.2, 0) is 21.4 Å². The summed E-state index contributed by atoms with van der Waals surface area (Å²) in [6.45, 7) is 3.93. The summed E-state index contributed by atoms with van der Waals surface area (Å²) < 4.78 is 32.3. The molecular formula is C18H23N3O4S. The molecule has 2 aromatic rings. The van der Waals surface area contributed by atoms with Gasteiger partial charge in [-0.2, -0.15) is 0 Å². The average molecular weight is 377 g/mol. The average Bonchev–Trinajstić information content (AvgIpc) is 2.65. The fraction of sp³-hybridized carbons (Fsp3) is 0.333.